The second-order valence-electron chi connectivity index (χ2n) is 10.2. The van der Waals surface area contributed by atoms with E-state index in [9.17, 15) is 0 Å². The summed E-state index contributed by atoms with van der Waals surface area (Å²) in [4.78, 5) is 2.53. The van der Waals surface area contributed by atoms with E-state index in [1.165, 1.54) is 70.6 Å². The van der Waals surface area contributed by atoms with Gasteiger partial charge in [0.05, 0.1) is 7.11 Å². The molecule has 0 bridgehead atoms. The van der Waals surface area contributed by atoms with E-state index in [4.69, 9.17) is 9.47 Å². The Bertz CT molecular complexity index is 1520. The maximum absolute atomic E-state index is 6.54. The van der Waals surface area contributed by atoms with Crippen molar-refractivity contribution in [3.63, 3.8) is 0 Å². The SMILES string of the molecule is COc1ccc(C(c2ccccc2OCCN2CCCCC2)c2cc3ccccc3c3ccccc23)cc1. The summed E-state index contributed by atoms with van der Waals surface area (Å²) in [5.74, 6) is 1.84. The van der Waals surface area contributed by atoms with Crippen molar-refractivity contribution in [2.75, 3.05) is 33.4 Å². The normalized spacial score (nSPS) is 15.0. The van der Waals surface area contributed by atoms with E-state index >= 15 is 0 Å². The van der Waals surface area contributed by atoms with E-state index in [0.717, 1.165) is 18.0 Å². The number of likely N-dealkylation sites (tertiary alicyclic amines) is 1. The molecule has 1 atom stereocenters. The molecular formula is C35H35NO2. The van der Waals surface area contributed by atoms with Crippen molar-refractivity contribution in [1.82, 2.24) is 4.90 Å². The molecule has 1 saturated heterocycles. The van der Waals surface area contributed by atoms with Crippen LogP contribution in [0.1, 0.15) is 41.9 Å². The van der Waals surface area contributed by atoms with Crippen molar-refractivity contribution < 1.29 is 9.47 Å². The van der Waals surface area contributed by atoms with Gasteiger partial charge in [-0.25, -0.2) is 0 Å². The van der Waals surface area contributed by atoms with Gasteiger partial charge in [-0.05, 0) is 82.9 Å². The van der Waals surface area contributed by atoms with E-state index in [1.807, 2.05) is 0 Å². The summed E-state index contributed by atoms with van der Waals surface area (Å²) in [5.41, 5.74) is 3.70. The van der Waals surface area contributed by atoms with Gasteiger partial charge in [0.25, 0.3) is 0 Å². The lowest BCUT2D eigenvalue weighted by atomic mass is 9.81. The fourth-order valence-corrected chi connectivity index (χ4v) is 5.96. The molecule has 3 heteroatoms. The van der Waals surface area contributed by atoms with Crippen molar-refractivity contribution in [2.45, 2.75) is 25.2 Å². The number of fused-ring (bicyclic) bond motifs is 3. The molecule has 0 N–H and O–H groups in total. The Morgan fingerprint density at radius 3 is 2.16 bits per heavy atom. The predicted molar refractivity (Wildman–Crippen MR) is 158 cm³/mol. The van der Waals surface area contributed by atoms with Crippen LogP contribution in [-0.2, 0) is 0 Å². The first-order chi connectivity index (χ1) is 18.8. The summed E-state index contributed by atoms with van der Waals surface area (Å²) in [6, 6.07) is 36.9. The Balaban J connectivity index is 1.47. The Kier molecular flexibility index (Phi) is 7.28. The molecule has 6 rings (SSSR count). The lowest BCUT2D eigenvalue weighted by Crippen LogP contribution is -2.33. The Morgan fingerprint density at radius 2 is 1.37 bits per heavy atom. The highest BCUT2D eigenvalue weighted by Crippen LogP contribution is 2.42. The zero-order valence-corrected chi connectivity index (χ0v) is 22.1. The summed E-state index contributed by atoms with van der Waals surface area (Å²) in [7, 11) is 1.72. The molecule has 5 aromatic rings. The first-order valence-electron chi connectivity index (χ1n) is 13.8. The molecule has 1 heterocycles. The zero-order valence-electron chi connectivity index (χ0n) is 22.1. The summed E-state index contributed by atoms with van der Waals surface area (Å²) >= 11 is 0. The van der Waals surface area contributed by atoms with Gasteiger partial charge in [0.1, 0.15) is 18.1 Å². The molecule has 1 unspecified atom stereocenters. The fourth-order valence-electron chi connectivity index (χ4n) is 5.96. The largest absolute Gasteiger partial charge is 0.497 e. The molecule has 0 aliphatic carbocycles. The average molecular weight is 502 g/mol. The number of hydrogen-bond donors (Lipinski definition) is 0. The molecule has 0 amide bonds. The third-order valence-electron chi connectivity index (χ3n) is 7.90. The molecule has 3 nitrogen and oxygen atoms in total. The van der Waals surface area contributed by atoms with Crippen LogP contribution in [0.25, 0.3) is 21.5 Å². The standard InChI is InChI=1S/C35H35NO2/c1-37-28-19-17-26(18-20-28)35(32-15-7-8-16-34(32)38-24-23-36-21-9-2-10-22-36)33-25-27-11-3-4-12-29(27)30-13-5-6-14-31(30)33/h3-8,11-20,25,35H,2,9-10,21-24H2,1H3. The van der Waals surface area contributed by atoms with Crippen molar-refractivity contribution in [3.05, 3.63) is 120 Å². The van der Waals surface area contributed by atoms with Crippen LogP contribution < -0.4 is 9.47 Å². The minimum atomic E-state index is 0.0154. The molecule has 1 aliphatic heterocycles. The third-order valence-corrected chi connectivity index (χ3v) is 7.90. The van der Waals surface area contributed by atoms with Gasteiger partial charge in [-0.15, -0.1) is 0 Å². The van der Waals surface area contributed by atoms with Crippen LogP contribution >= 0.6 is 0 Å². The quantitative estimate of drug-likeness (QED) is 0.159. The molecule has 0 saturated carbocycles. The second kappa shape index (κ2) is 11.3. The van der Waals surface area contributed by atoms with Gasteiger partial charge in [-0.2, -0.15) is 0 Å². The molecule has 192 valence electrons. The van der Waals surface area contributed by atoms with Crippen LogP contribution in [0.3, 0.4) is 0 Å². The van der Waals surface area contributed by atoms with Crippen molar-refractivity contribution >= 4 is 21.5 Å². The van der Waals surface area contributed by atoms with Crippen LogP contribution in [0.15, 0.2) is 103 Å². The van der Waals surface area contributed by atoms with Gasteiger partial charge in [-0.3, -0.25) is 4.90 Å². The molecule has 1 fully saturated rings. The first kappa shape index (κ1) is 24.5. The predicted octanol–water partition coefficient (Wildman–Crippen LogP) is 8.05. The highest BCUT2D eigenvalue weighted by atomic mass is 16.5. The summed E-state index contributed by atoms with van der Waals surface area (Å²) < 4.78 is 12.0. The molecule has 0 spiro atoms. The van der Waals surface area contributed by atoms with Gasteiger partial charge >= 0.3 is 0 Å². The van der Waals surface area contributed by atoms with Gasteiger partial charge in [-0.1, -0.05) is 85.3 Å². The highest BCUT2D eigenvalue weighted by Gasteiger charge is 2.24. The number of hydrogen-bond acceptors (Lipinski definition) is 3. The van der Waals surface area contributed by atoms with Crippen LogP contribution in [0.2, 0.25) is 0 Å². The fraction of sp³-hybridized carbons (Fsp3) is 0.257. The maximum atomic E-state index is 6.54. The highest BCUT2D eigenvalue weighted by molar-refractivity contribution is 6.09. The Labute approximate surface area is 225 Å². The number of piperidine rings is 1. The molecule has 1 aliphatic rings. The molecule has 5 aromatic carbocycles. The molecule has 38 heavy (non-hydrogen) atoms. The van der Waals surface area contributed by atoms with Crippen molar-refractivity contribution in [3.8, 4) is 11.5 Å². The molecule has 0 aromatic heterocycles. The van der Waals surface area contributed by atoms with Gasteiger partial charge < -0.3 is 9.47 Å². The lowest BCUT2D eigenvalue weighted by molar-refractivity contribution is 0.182. The van der Waals surface area contributed by atoms with E-state index in [-0.39, 0.29) is 5.92 Å². The number of nitrogens with zero attached hydrogens (tertiary/aromatic N) is 1. The van der Waals surface area contributed by atoms with Crippen LogP contribution in [-0.4, -0.2) is 38.3 Å². The average Bonchev–Trinajstić information content (AvgIpc) is 2.99. The number of para-hydroxylation sites is 1. The summed E-state index contributed by atoms with van der Waals surface area (Å²) in [6.07, 6.45) is 3.94. The van der Waals surface area contributed by atoms with E-state index in [0.29, 0.717) is 6.61 Å². The molecule has 0 radical (unpaired) electrons. The first-order valence-corrected chi connectivity index (χ1v) is 13.8. The third kappa shape index (κ3) is 4.99. The maximum Gasteiger partial charge on any atom is 0.123 e. The Morgan fingerprint density at radius 1 is 0.684 bits per heavy atom. The number of methoxy groups -OCH3 is 1. The van der Waals surface area contributed by atoms with Crippen molar-refractivity contribution in [1.29, 1.82) is 0 Å². The number of benzene rings is 5. The smallest absolute Gasteiger partial charge is 0.123 e. The second-order valence-corrected chi connectivity index (χ2v) is 10.2. The minimum absolute atomic E-state index is 0.0154. The monoisotopic (exact) mass is 501 g/mol. The topological polar surface area (TPSA) is 21.7 Å². The number of rotatable bonds is 8. The lowest BCUT2D eigenvalue weighted by Gasteiger charge is -2.27. The van der Waals surface area contributed by atoms with E-state index in [2.05, 4.69) is 108 Å². The van der Waals surface area contributed by atoms with Gasteiger partial charge in [0, 0.05) is 18.0 Å². The van der Waals surface area contributed by atoms with E-state index in [1.54, 1.807) is 7.11 Å². The zero-order chi connectivity index (χ0) is 25.7. The van der Waals surface area contributed by atoms with E-state index < -0.39 is 0 Å². The summed E-state index contributed by atoms with van der Waals surface area (Å²) in [6.45, 7) is 4.04. The van der Waals surface area contributed by atoms with Gasteiger partial charge in [0.15, 0.2) is 0 Å². The van der Waals surface area contributed by atoms with Crippen LogP contribution in [0, 0.1) is 0 Å². The van der Waals surface area contributed by atoms with Crippen LogP contribution in [0.5, 0.6) is 11.5 Å². The Hall–Kier alpha value is -3.82. The molecular weight excluding hydrogens is 466 g/mol. The van der Waals surface area contributed by atoms with Crippen LogP contribution in [0.4, 0.5) is 0 Å². The van der Waals surface area contributed by atoms with Crippen molar-refractivity contribution in [2.24, 2.45) is 0 Å². The van der Waals surface area contributed by atoms with Gasteiger partial charge in [0.2, 0.25) is 0 Å². The minimum Gasteiger partial charge on any atom is -0.497 e. The number of ether oxygens (including phenoxy) is 2. The summed E-state index contributed by atoms with van der Waals surface area (Å²) in [5, 5.41) is 5.09.